The Kier molecular flexibility index (Phi) is 6.59. The average Bonchev–Trinajstić information content (AvgIpc) is 3.21. The molecular formula is C22H24FN3O3. The molecule has 0 saturated heterocycles. The maximum absolute atomic E-state index is 13.8. The van der Waals surface area contributed by atoms with Gasteiger partial charge in [0.05, 0.1) is 13.2 Å². The summed E-state index contributed by atoms with van der Waals surface area (Å²) in [4.78, 5) is 16.6. The number of rotatable bonds is 8. The zero-order chi connectivity index (χ0) is 20.8. The SMILES string of the molecule is CCc1ccc(-c2noc(CCC(=O)NC(C)c3ccc(OC)c(F)c3)n2)cc1. The summed E-state index contributed by atoms with van der Waals surface area (Å²) >= 11 is 0. The van der Waals surface area contributed by atoms with Gasteiger partial charge in [0.25, 0.3) is 0 Å². The van der Waals surface area contributed by atoms with Gasteiger partial charge in [0.15, 0.2) is 11.6 Å². The second-order valence-electron chi connectivity index (χ2n) is 6.75. The van der Waals surface area contributed by atoms with E-state index in [0.29, 0.717) is 23.7 Å². The summed E-state index contributed by atoms with van der Waals surface area (Å²) in [5.41, 5.74) is 2.77. The lowest BCUT2D eigenvalue weighted by atomic mass is 10.1. The molecule has 6 nitrogen and oxygen atoms in total. The molecule has 1 heterocycles. The lowest BCUT2D eigenvalue weighted by Gasteiger charge is -2.15. The summed E-state index contributed by atoms with van der Waals surface area (Å²) < 4.78 is 24.0. The Balaban J connectivity index is 1.54. The summed E-state index contributed by atoms with van der Waals surface area (Å²) in [6, 6.07) is 12.3. The van der Waals surface area contributed by atoms with Crippen molar-refractivity contribution in [3.63, 3.8) is 0 Å². The van der Waals surface area contributed by atoms with Crippen molar-refractivity contribution in [2.45, 2.75) is 39.2 Å². The Morgan fingerprint density at radius 3 is 2.66 bits per heavy atom. The molecule has 3 rings (SSSR count). The molecule has 152 valence electrons. The third-order valence-corrected chi connectivity index (χ3v) is 4.71. The molecule has 1 N–H and O–H groups in total. The minimum Gasteiger partial charge on any atom is -0.494 e. The Bertz CT molecular complexity index is 970. The number of halogens is 1. The summed E-state index contributed by atoms with van der Waals surface area (Å²) in [5.74, 6) is 0.434. The van der Waals surface area contributed by atoms with Gasteiger partial charge in [-0.1, -0.05) is 42.4 Å². The molecule has 29 heavy (non-hydrogen) atoms. The fraction of sp³-hybridized carbons (Fsp3) is 0.318. The summed E-state index contributed by atoms with van der Waals surface area (Å²) in [6.07, 6.45) is 1.49. The zero-order valence-corrected chi connectivity index (χ0v) is 16.7. The van der Waals surface area contributed by atoms with Gasteiger partial charge in [-0.25, -0.2) is 4.39 Å². The van der Waals surface area contributed by atoms with Gasteiger partial charge in [-0.05, 0) is 36.6 Å². The maximum atomic E-state index is 13.8. The Hall–Kier alpha value is -3.22. The number of methoxy groups -OCH3 is 1. The molecule has 0 bridgehead atoms. The lowest BCUT2D eigenvalue weighted by Crippen LogP contribution is -2.26. The number of ether oxygens (including phenoxy) is 1. The Labute approximate surface area is 169 Å². The Morgan fingerprint density at radius 2 is 2.00 bits per heavy atom. The van der Waals surface area contributed by atoms with Crippen LogP contribution in [-0.2, 0) is 17.6 Å². The molecular weight excluding hydrogens is 373 g/mol. The van der Waals surface area contributed by atoms with Crippen molar-refractivity contribution in [1.82, 2.24) is 15.5 Å². The highest BCUT2D eigenvalue weighted by Crippen LogP contribution is 2.22. The molecule has 0 spiro atoms. The van der Waals surface area contributed by atoms with Crippen LogP contribution in [0.4, 0.5) is 4.39 Å². The largest absolute Gasteiger partial charge is 0.494 e. The molecule has 2 aromatic carbocycles. The van der Waals surface area contributed by atoms with E-state index in [1.807, 2.05) is 24.3 Å². The fourth-order valence-corrected chi connectivity index (χ4v) is 2.93. The van der Waals surface area contributed by atoms with Crippen molar-refractivity contribution in [3.8, 4) is 17.1 Å². The van der Waals surface area contributed by atoms with Crippen molar-refractivity contribution in [1.29, 1.82) is 0 Å². The molecule has 0 aliphatic heterocycles. The average molecular weight is 397 g/mol. The number of carbonyl (C=O) groups excluding carboxylic acids is 1. The number of aryl methyl sites for hydroxylation is 2. The standard InChI is InChI=1S/C22H24FN3O3/c1-4-15-5-7-16(8-6-15)22-25-21(29-26-22)12-11-20(27)24-14(2)17-9-10-19(28-3)18(23)13-17/h5-10,13-14H,4,11-12H2,1-3H3,(H,24,27). The highest BCUT2D eigenvalue weighted by atomic mass is 19.1. The Morgan fingerprint density at radius 1 is 1.24 bits per heavy atom. The first kappa shape index (κ1) is 20.5. The van der Waals surface area contributed by atoms with Gasteiger partial charge in [0.2, 0.25) is 17.6 Å². The number of amides is 1. The van der Waals surface area contributed by atoms with Crippen molar-refractivity contribution >= 4 is 5.91 Å². The minimum atomic E-state index is -0.462. The van der Waals surface area contributed by atoms with Gasteiger partial charge < -0.3 is 14.6 Å². The van der Waals surface area contributed by atoms with E-state index >= 15 is 0 Å². The van der Waals surface area contributed by atoms with Crippen molar-refractivity contribution in [2.24, 2.45) is 0 Å². The van der Waals surface area contributed by atoms with E-state index in [9.17, 15) is 9.18 Å². The number of benzene rings is 2. The fourth-order valence-electron chi connectivity index (χ4n) is 2.93. The number of nitrogens with zero attached hydrogens (tertiary/aromatic N) is 2. The van der Waals surface area contributed by atoms with Gasteiger partial charge in [-0.2, -0.15) is 4.98 Å². The first-order valence-corrected chi connectivity index (χ1v) is 9.54. The molecule has 0 aliphatic carbocycles. The molecule has 0 aliphatic rings. The van der Waals surface area contributed by atoms with Crippen LogP contribution in [0.1, 0.15) is 43.3 Å². The highest BCUT2D eigenvalue weighted by Gasteiger charge is 2.14. The van der Waals surface area contributed by atoms with Crippen molar-refractivity contribution < 1.29 is 18.4 Å². The summed E-state index contributed by atoms with van der Waals surface area (Å²) in [5, 5.41) is 6.83. The van der Waals surface area contributed by atoms with Crippen LogP contribution in [0.15, 0.2) is 47.0 Å². The first-order valence-electron chi connectivity index (χ1n) is 9.54. The van der Waals surface area contributed by atoms with Crippen LogP contribution in [0.25, 0.3) is 11.4 Å². The van der Waals surface area contributed by atoms with Gasteiger partial charge >= 0.3 is 0 Å². The van der Waals surface area contributed by atoms with Crippen LogP contribution in [0.3, 0.4) is 0 Å². The van der Waals surface area contributed by atoms with Gasteiger partial charge in [-0.15, -0.1) is 0 Å². The molecule has 1 amide bonds. The number of aromatic nitrogens is 2. The second-order valence-corrected chi connectivity index (χ2v) is 6.75. The highest BCUT2D eigenvalue weighted by molar-refractivity contribution is 5.76. The molecule has 3 aromatic rings. The predicted octanol–water partition coefficient (Wildman–Crippen LogP) is 4.26. The molecule has 1 aromatic heterocycles. The van der Waals surface area contributed by atoms with Crippen molar-refractivity contribution in [2.75, 3.05) is 7.11 Å². The number of hydrogen-bond acceptors (Lipinski definition) is 5. The summed E-state index contributed by atoms with van der Waals surface area (Å²) in [7, 11) is 1.41. The molecule has 0 radical (unpaired) electrons. The normalized spacial score (nSPS) is 11.9. The van der Waals surface area contributed by atoms with Gasteiger partial charge in [0, 0.05) is 18.4 Å². The van der Waals surface area contributed by atoms with Crippen LogP contribution >= 0.6 is 0 Å². The second kappa shape index (κ2) is 9.32. The number of hydrogen-bond donors (Lipinski definition) is 1. The van der Waals surface area contributed by atoms with Crippen molar-refractivity contribution in [3.05, 3.63) is 65.3 Å². The van der Waals surface area contributed by atoms with E-state index in [1.165, 1.54) is 18.7 Å². The third-order valence-electron chi connectivity index (χ3n) is 4.71. The third kappa shape index (κ3) is 5.19. The molecule has 1 atom stereocenters. The summed E-state index contributed by atoms with van der Waals surface area (Å²) in [6.45, 7) is 3.89. The quantitative estimate of drug-likeness (QED) is 0.615. The monoisotopic (exact) mass is 397 g/mol. The van der Waals surface area contributed by atoms with E-state index in [4.69, 9.17) is 9.26 Å². The van der Waals surface area contributed by atoms with Crippen LogP contribution in [0.2, 0.25) is 0 Å². The first-order chi connectivity index (χ1) is 14.0. The van der Waals surface area contributed by atoms with Gasteiger partial charge in [0.1, 0.15) is 0 Å². The zero-order valence-electron chi connectivity index (χ0n) is 16.7. The van der Waals surface area contributed by atoms with E-state index in [1.54, 1.807) is 19.1 Å². The van der Waals surface area contributed by atoms with E-state index in [-0.39, 0.29) is 24.1 Å². The maximum Gasteiger partial charge on any atom is 0.227 e. The van der Waals surface area contributed by atoms with E-state index in [0.717, 1.165) is 12.0 Å². The topological polar surface area (TPSA) is 77.2 Å². The van der Waals surface area contributed by atoms with Crippen LogP contribution in [-0.4, -0.2) is 23.2 Å². The van der Waals surface area contributed by atoms with Crippen LogP contribution < -0.4 is 10.1 Å². The number of nitrogens with one attached hydrogen (secondary N) is 1. The minimum absolute atomic E-state index is 0.170. The van der Waals surface area contributed by atoms with Crippen LogP contribution in [0.5, 0.6) is 5.75 Å². The molecule has 0 saturated carbocycles. The number of carbonyl (C=O) groups is 1. The van der Waals surface area contributed by atoms with E-state index in [2.05, 4.69) is 22.4 Å². The molecule has 7 heteroatoms. The smallest absolute Gasteiger partial charge is 0.227 e. The van der Waals surface area contributed by atoms with Gasteiger partial charge in [-0.3, -0.25) is 4.79 Å². The van der Waals surface area contributed by atoms with E-state index < -0.39 is 5.82 Å². The predicted molar refractivity (Wildman–Crippen MR) is 107 cm³/mol. The molecule has 0 fully saturated rings. The lowest BCUT2D eigenvalue weighted by molar-refractivity contribution is -0.121. The molecule has 1 unspecified atom stereocenters. The van der Waals surface area contributed by atoms with Crippen LogP contribution in [0, 0.1) is 5.82 Å².